The van der Waals surface area contributed by atoms with Crippen LogP contribution in [0.15, 0.2) is 30.6 Å². The average Bonchev–Trinajstić information content (AvgIpc) is 3.35. The van der Waals surface area contributed by atoms with Crippen LogP contribution >= 0.6 is 0 Å². The number of aromatic amines is 2. The van der Waals surface area contributed by atoms with Gasteiger partial charge in [-0.25, -0.2) is 9.97 Å². The van der Waals surface area contributed by atoms with Gasteiger partial charge in [0.15, 0.2) is 11.5 Å². The van der Waals surface area contributed by atoms with Gasteiger partial charge in [0.2, 0.25) is 0 Å². The molecule has 0 bridgehead atoms. The van der Waals surface area contributed by atoms with Crippen LogP contribution in [0.4, 0.5) is 13.2 Å². The molecule has 4 aromatic rings. The number of benzene rings is 1. The molecule has 30 heavy (non-hydrogen) atoms. The Kier molecular flexibility index (Phi) is 4.43. The molecule has 1 unspecified atom stereocenters. The van der Waals surface area contributed by atoms with Crippen LogP contribution in [0.1, 0.15) is 22.5 Å². The number of nitriles is 1. The van der Waals surface area contributed by atoms with Gasteiger partial charge >= 0.3 is 6.18 Å². The lowest BCUT2D eigenvalue weighted by Gasteiger charge is -2.34. The molecule has 7 nitrogen and oxygen atoms in total. The van der Waals surface area contributed by atoms with Crippen molar-refractivity contribution in [2.75, 3.05) is 14.2 Å². The number of halogens is 3. The van der Waals surface area contributed by atoms with Crippen molar-refractivity contribution in [3.63, 3.8) is 0 Å². The Morgan fingerprint density at radius 1 is 1.20 bits per heavy atom. The zero-order chi connectivity index (χ0) is 21.7. The van der Waals surface area contributed by atoms with Gasteiger partial charge < -0.3 is 19.4 Å². The lowest BCUT2D eigenvalue weighted by molar-refractivity contribution is -0.260. The number of hydrogen-bond donors (Lipinski definition) is 2. The summed E-state index contributed by atoms with van der Waals surface area (Å²) in [6, 6.07) is 6.34. The van der Waals surface area contributed by atoms with Crippen LogP contribution in [0.3, 0.4) is 0 Å². The summed E-state index contributed by atoms with van der Waals surface area (Å²) in [5, 5.41) is 9.35. The highest BCUT2D eigenvalue weighted by molar-refractivity contribution is 5.90. The van der Waals surface area contributed by atoms with E-state index in [1.54, 1.807) is 13.1 Å². The minimum absolute atomic E-state index is 0.00454. The van der Waals surface area contributed by atoms with Gasteiger partial charge in [-0.15, -0.1) is 0 Å². The molecule has 3 aromatic heterocycles. The Morgan fingerprint density at radius 3 is 2.60 bits per heavy atom. The fourth-order valence-electron chi connectivity index (χ4n) is 3.74. The molecule has 154 valence electrons. The van der Waals surface area contributed by atoms with Crippen molar-refractivity contribution in [2.45, 2.75) is 18.7 Å². The van der Waals surface area contributed by atoms with Crippen LogP contribution in [0.5, 0.6) is 5.75 Å². The van der Waals surface area contributed by atoms with E-state index in [-0.39, 0.29) is 33.4 Å². The normalized spacial score (nSPS) is 14.0. The summed E-state index contributed by atoms with van der Waals surface area (Å²) in [5.41, 5.74) is -1.56. The van der Waals surface area contributed by atoms with E-state index in [9.17, 15) is 13.2 Å². The van der Waals surface area contributed by atoms with Crippen molar-refractivity contribution in [1.29, 1.82) is 5.26 Å². The SMILES string of the molecule is COc1cc(C)c2[nH]ccc2c1C(OC)(c1nc2ncc(C#N)cc2[nH]1)C(F)(F)F. The Bertz CT molecular complexity index is 1300. The number of hydrogen-bond acceptors (Lipinski definition) is 5. The molecule has 4 rings (SSSR count). The number of imidazole rings is 1. The Hall–Kier alpha value is -3.58. The number of nitrogens with one attached hydrogen (secondary N) is 2. The summed E-state index contributed by atoms with van der Waals surface area (Å²) in [5.74, 6) is -0.510. The Morgan fingerprint density at radius 2 is 1.97 bits per heavy atom. The lowest BCUT2D eigenvalue weighted by Crippen LogP contribution is -2.46. The third-order valence-corrected chi connectivity index (χ3v) is 5.08. The summed E-state index contributed by atoms with van der Waals surface area (Å²) in [7, 11) is 2.26. The van der Waals surface area contributed by atoms with Crippen molar-refractivity contribution in [2.24, 2.45) is 0 Å². The summed E-state index contributed by atoms with van der Waals surface area (Å²) in [6.45, 7) is 1.77. The van der Waals surface area contributed by atoms with E-state index in [1.807, 2.05) is 6.07 Å². The van der Waals surface area contributed by atoms with Crippen LogP contribution in [0, 0.1) is 18.3 Å². The second-order valence-electron chi connectivity index (χ2n) is 6.71. The van der Waals surface area contributed by atoms with Crippen LogP contribution in [-0.4, -0.2) is 40.3 Å². The first-order valence-corrected chi connectivity index (χ1v) is 8.80. The minimum atomic E-state index is -4.92. The van der Waals surface area contributed by atoms with Crippen molar-refractivity contribution in [1.82, 2.24) is 19.9 Å². The number of alkyl halides is 3. The maximum atomic E-state index is 14.7. The molecule has 2 N–H and O–H groups in total. The third-order valence-electron chi connectivity index (χ3n) is 5.08. The van der Waals surface area contributed by atoms with Gasteiger partial charge in [-0.1, -0.05) is 0 Å². The van der Waals surface area contributed by atoms with E-state index >= 15 is 0 Å². The Labute approximate surface area is 168 Å². The van der Waals surface area contributed by atoms with Crippen molar-refractivity contribution < 1.29 is 22.6 Å². The molecular formula is C20H16F3N5O2. The first-order chi connectivity index (χ1) is 14.3. The molecule has 0 spiro atoms. The van der Waals surface area contributed by atoms with Gasteiger partial charge in [-0.3, -0.25) is 0 Å². The van der Waals surface area contributed by atoms with E-state index in [0.717, 1.165) is 7.11 Å². The zero-order valence-electron chi connectivity index (χ0n) is 16.2. The standard InChI is InChI=1S/C20H16F3N5O2/c1-10-6-14(29-2)15(12-4-5-25-16(10)12)19(30-3,20(21,22)23)18-27-13-7-11(8-24)9-26-17(13)28-18/h4-7,9,25H,1-3H3,(H,26,27,28). The molecule has 0 aliphatic carbocycles. The molecular weight excluding hydrogens is 399 g/mol. The van der Waals surface area contributed by atoms with E-state index in [4.69, 9.17) is 14.7 Å². The fraction of sp³-hybridized carbons (Fsp3) is 0.250. The van der Waals surface area contributed by atoms with E-state index < -0.39 is 17.6 Å². The highest BCUT2D eigenvalue weighted by atomic mass is 19.4. The Balaban J connectivity index is 2.13. The van der Waals surface area contributed by atoms with Crippen LogP contribution in [-0.2, 0) is 10.3 Å². The monoisotopic (exact) mass is 415 g/mol. The summed E-state index contributed by atoms with van der Waals surface area (Å²) in [6.07, 6.45) is -2.12. The smallest absolute Gasteiger partial charge is 0.429 e. The molecule has 10 heteroatoms. The van der Waals surface area contributed by atoms with Gasteiger partial charge in [0.25, 0.3) is 5.60 Å². The second-order valence-corrected chi connectivity index (χ2v) is 6.71. The molecule has 1 aromatic carbocycles. The van der Waals surface area contributed by atoms with Crippen LogP contribution < -0.4 is 4.74 Å². The number of H-pyrrole nitrogens is 2. The highest BCUT2D eigenvalue weighted by Gasteiger charge is 2.62. The number of rotatable bonds is 4. The van der Waals surface area contributed by atoms with Crippen LogP contribution in [0.2, 0.25) is 0 Å². The number of fused-ring (bicyclic) bond motifs is 2. The highest BCUT2D eigenvalue weighted by Crippen LogP contribution is 2.51. The number of aryl methyl sites for hydroxylation is 1. The molecule has 3 heterocycles. The predicted octanol–water partition coefficient (Wildman–Crippen LogP) is 4.08. The van der Waals surface area contributed by atoms with Crippen molar-refractivity contribution in [3.8, 4) is 11.8 Å². The number of methoxy groups -OCH3 is 2. The largest absolute Gasteiger partial charge is 0.496 e. The van der Waals surface area contributed by atoms with Gasteiger partial charge in [-0.2, -0.15) is 18.4 Å². The summed E-state index contributed by atoms with van der Waals surface area (Å²) >= 11 is 0. The average molecular weight is 415 g/mol. The molecule has 1 atom stereocenters. The van der Waals surface area contributed by atoms with Crippen LogP contribution in [0.25, 0.3) is 22.1 Å². The minimum Gasteiger partial charge on any atom is -0.496 e. The van der Waals surface area contributed by atoms with Gasteiger partial charge in [0.05, 0.1) is 23.8 Å². The van der Waals surface area contributed by atoms with Gasteiger partial charge in [0.1, 0.15) is 11.8 Å². The second kappa shape index (κ2) is 6.74. The molecule has 0 saturated carbocycles. The quantitative estimate of drug-likeness (QED) is 0.523. The molecule has 0 aliphatic heterocycles. The summed E-state index contributed by atoms with van der Waals surface area (Å²) < 4.78 is 54.8. The molecule has 0 saturated heterocycles. The first-order valence-electron chi connectivity index (χ1n) is 8.80. The zero-order valence-corrected chi connectivity index (χ0v) is 16.2. The van der Waals surface area contributed by atoms with E-state index in [2.05, 4.69) is 19.9 Å². The summed E-state index contributed by atoms with van der Waals surface area (Å²) in [4.78, 5) is 13.7. The van der Waals surface area contributed by atoms with E-state index in [1.165, 1.54) is 31.5 Å². The van der Waals surface area contributed by atoms with Gasteiger partial charge in [-0.05, 0) is 30.7 Å². The topological polar surface area (TPSA) is 99.6 Å². The fourth-order valence-corrected chi connectivity index (χ4v) is 3.74. The molecule has 0 amide bonds. The maximum absolute atomic E-state index is 14.7. The van der Waals surface area contributed by atoms with Crippen molar-refractivity contribution in [3.05, 3.63) is 53.1 Å². The number of pyridine rings is 1. The number of nitrogens with zero attached hydrogens (tertiary/aromatic N) is 3. The van der Waals surface area contributed by atoms with Crippen molar-refractivity contribution >= 4 is 22.1 Å². The maximum Gasteiger partial charge on any atom is 0.429 e. The molecule has 0 fully saturated rings. The molecule has 0 radical (unpaired) electrons. The molecule has 0 aliphatic rings. The number of aromatic nitrogens is 4. The first kappa shape index (κ1) is 19.7. The predicted molar refractivity (Wildman–Crippen MR) is 102 cm³/mol. The number of ether oxygens (including phenoxy) is 2. The third kappa shape index (κ3) is 2.63. The van der Waals surface area contributed by atoms with E-state index in [0.29, 0.717) is 11.1 Å². The van der Waals surface area contributed by atoms with Gasteiger partial charge in [0, 0.05) is 30.4 Å². The lowest BCUT2D eigenvalue weighted by atomic mass is 9.87.